The first kappa shape index (κ1) is 20.6. The van der Waals surface area contributed by atoms with Gasteiger partial charge in [0, 0.05) is 10.9 Å². The Morgan fingerprint density at radius 1 is 1.10 bits per heavy atom. The van der Waals surface area contributed by atoms with Gasteiger partial charge in [0.1, 0.15) is 5.01 Å². The zero-order valence-corrected chi connectivity index (χ0v) is 17.5. The highest BCUT2D eigenvalue weighted by Gasteiger charge is 2.18. The van der Waals surface area contributed by atoms with Crippen molar-refractivity contribution in [2.45, 2.75) is 13.3 Å². The second-order valence-electron chi connectivity index (χ2n) is 6.21. The molecule has 0 radical (unpaired) electrons. The van der Waals surface area contributed by atoms with Gasteiger partial charge in [-0.15, -0.1) is 11.3 Å². The van der Waals surface area contributed by atoms with E-state index in [1.807, 2.05) is 60.8 Å². The number of ether oxygens (including phenoxy) is 3. The van der Waals surface area contributed by atoms with Crippen molar-refractivity contribution in [2.24, 2.45) is 0 Å². The predicted molar refractivity (Wildman–Crippen MR) is 116 cm³/mol. The number of carbonyl (C=O) groups is 1. The molecule has 0 atom stereocenters. The van der Waals surface area contributed by atoms with Crippen LogP contribution in [0.1, 0.15) is 23.9 Å². The highest BCUT2D eigenvalue weighted by atomic mass is 32.1. The van der Waals surface area contributed by atoms with Crippen molar-refractivity contribution in [3.8, 4) is 22.8 Å². The van der Waals surface area contributed by atoms with E-state index >= 15 is 0 Å². The molecule has 150 valence electrons. The van der Waals surface area contributed by atoms with Crippen molar-refractivity contribution in [1.82, 2.24) is 4.98 Å². The molecule has 0 amide bonds. The molecule has 29 heavy (non-hydrogen) atoms. The standard InChI is InChI=1S/C23H23NO4S/c1-4-12-28-21-14-16(10-11-20(21)26-2)13-18(23(25)27-3)22-24-19(15-29-22)17-8-6-5-7-9-17/h5-11,13-15H,4,12H2,1-3H3/b18-13-. The highest BCUT2D eigenvalue weighted by molar-refractivity contribution is 7.11. The minimum atomic E-state index is -0.439. The van der Waals surface area contributed by atoms with Crippen LogP contribution in [0.2, 0.25) is 0 Å². The van der Waals surface area contributed by atoms with Crippen molar-refractivity contribution in [1.29, 1.82) is 0 Å². The van der Waals surface area contributed by atoms with Gasteiger partial charge in [-0.1, -0.05) is 43.3 Å². The number of benzene rings is 2. The highest BCUT2D eigenvalue weighted by Crippen LogP contribution is 2.32. The molecule has 0 aliphatic rings. The molecule has 5 nitrogen and oxygen atoms in total. The van der Waals surface area contributed by atoms with Crippen molar-refractivity contribution >= 4 is 29.0 Å². The summed E-state index contributed by atoms with van der Waals surface area (Å²) in [5.74, 6) is 0.845. The monoisotopic (exact) mass is 409 g/mol. The lowest BCUT2D eigenvalue weighted by molar-refractivity contribution is -0.133. The Labute approximate surface area is 174 Å². The minimum absolute atomic E-state index is 0.395. The van der Waals surface area contributed by atoms with Crippen LogP contribution in [0.5, 0.6) is 11.5 Å². The van der Waals surface area contributed by atoms with E-state index in [9.17, 15) is 4.79 Å². The van der Waals surface area contributed by atoms with Gasteiger partial charge in [-0.2, -0.15) is 0 Å². The molecule has 2 aromatic carbocycles. The van der Waals surface area contributed by atoms with E-state index in [1.165, 1.54) is 18.4 Å². The fourth-order valence-corrected chi connectivity index (χ4v) is 3.56. The zero-order valence-electron chi connectivity index (χ0n) is 16.7. The number of rotatable bonds is 8. The fourth-order valence-electron chi connectivity index (χ4n) is 2.73. The Balaban J connectivity index is 1.98. The van der Waals surface area contributed by atoms with Crippen molar-refractivity contribution in [2.75, 3.05) is 20.8 Å². The Kier molecular flexibility index (Phi) is 7.03. The van der Waals surface area contributed by atoms with Gasteiger partial charge in [-0.25, -0.2) is 9.78 Å². The third kappa shape index (κ3) is 5.03. The molecule has 0 saturated carbocycles. The molecule has 6 heteroatoms. The zero-order chi connectivity index (χ0) is 20.6. The van der Waals surface area contributed by atoms with Gasteiger partial charge in [-0.05, 0) is 30.2 Å². The quantitative estimate of drug-likeness (QED) is 0.372. The number of thiazole rings is 1. The molecule has 0 N–H and O–H groups in total. The lowest BCUT2D eigenvalue weighted by Crippen LogP contribution is -2.04. The summed E-state index contributed by atoms with van der Waals surface area (Å²) in [6.07, 6.45) is 2.65. The fraction of sp³-hybridized carbons (Fsp3) is 0.217. The molecule has 0 saturated heterocycles. The Bertz CT molecular complexity index is 995. The molecule has 0 aliphatic heterocycles. The summed E-state index contributed by atoms with van der Waals surface area (Å²) in [6, 6.07) is 15.4. The second kappa shape index (κ2) is 9.89. The molecule has 0 fully saturated rings. The van der Waals surface area contributed by atoms with Crippen LogP contribution in [-0.2, 0) is 9.53 Å². The topological polar surface area (TPSA) is 57.7 Å². The Hall–Kier alpha value is -3.12. The van der Waals surface area contributed by atoms with E-state index in [0.29, 0.717) is 28.7 Å². The first-order valence-electron chi connectivity index (χ1n) is 9.28. The number of hydrogen-bond donors (Lipinski definition) is 0. The van der Waals surface area contributed by atoms with Crippen molar-refractivity contribution in [3.05, 3.63) is 64.5 Å². The summed E-state index contributed by atoms with van der Waals surface area (Å²) < 4.78 is 16.1. The van der Waals surface area contributed by atoms with E-state index in [-0.39, 0.29) is 0 Å². The van der Waals surface area contributed by atoms with Gasteiger partial charge < -0.3 is 14.2 Å². The molecule has 3 rings (SSSR count). The molecule has 1 heterocycles. The van der Waals surface area contributed by atoms with Gasteiger partial charge in [0.2, 0.25) is 0 Å². The summed E-state index contributed by atoms with van der Waals surface area (Å²) >= 11 is 1.40. The average Bonchev–Trinajstić information content (AvgIpc) is 3.26. The summed E-state index contributed by atoms with van der Waals surface area (Å²) in [5.41, 5.74) is 3.01. The van der Waals surface area contributed by atoms with Gasteiger partial charge >= 0.3 is 5.97 Å². The maximum atomic E-state index is 12.5. The summed E-state index contributed by atoms with van der Waals surface area (Å²) in [5, 5.41) is 2.54. The number of esters is 1. The summed E-state index contributed by atoms with van der Waals surface area (Å²) in [6.45, 7) is 2.62. The van der Waals surface area contributed by atoms with Gasteiger partial charge in [0.05, 0.1) is 32.1 Å². The van der Waals surface area contributed by atoms with Crippen LogP contribution in [0.25, 0.3) is 22.9 Å². The smallest absolute Gasteiger partial charge is 0.340 e. The normalized spacial score (nSPS) is 11.2. The number of methoxy groups -OCH3 is 2. The molecule has 0 unspecified atom stereocenters. The maximum absolute atomic E-state index is 12.5. The SMILES string of the molecule is CCCOc1cc(/C=C(\C(=O)OC)c2nc(-c3ccccc3)cs2)ccc1OC. The molecular weight excluding hydrogens is 386 g/mol. The molecule has 1 aromatic heterocycles. The minimum Gasteiger partial charge on any atom is -0.493 e. The van der Waals surface area contributed by atoms with E-state index in [1.54, 1.807) is 13.2 Å². The first-order chi connectivity index (χ1) is 14.2. The lowest BCUT2D eigenvalue weighted by Gasteiger charge is -2.11. The largest absolute Gasteiger partial charge is 0.493 e. The van der Waals surface area contributed by atoms with Gasteiger partial charge in [0.15, 0.2) is 11.5 Å². The van der Waals surface area contributed by atoms with Crippen molar-refractivity contribution < 1.29 is 19.0 Å². The summed E-state index contributed by atoms with van der Waals surface area (Å²) in [4.78, 5) is 17.1. The van der Waals surface area contributed by atoms with E-state index in [2.05, 4.69) is 4.98 Å². The van der Waals surface area contributed by atoms with E-state index in [0.717, 1.165) is 23.2 Å². The van der Waals surface area contributed by atoms with E-state index < -0.39 is 5.97 Å². The predicted octanol–water partition coefficient (Wildman–Crippen LogP) is 5.32. The molecule has 0 aliphatic carbocycles. The average molecular weight is 410 g/mol. The second-order valence-corrected chi connectivity index (χ2v) is 7.07. The first-order valence-corrected chi connectivity index (χ1v) is 10.2. The van der Waals surface area contributed by atoms with Crippen molar-refractivity contribution in [3.63, 3.8) is 0 Å². The number of carbonyl (C=O) groups excluding carboxylic acids is 1. The lowest BCUT2D eigenvalue weighted by atomic mass is 10.1. The number of nitrogens with zero attached hydrogens (tertiary/aromatic N) is 1. The van der Waals surface area contributed by atoms with E-state index in [4.69, 9.17) is 14.2 Å². The van der Waals surface area contributed by atoms with Crippen LogP contribution < -0.4 is 9.47 Å². The van der Waals surface area contributed by atoms with Crippen LogP contribution in [0, 0.1) is 0 Å². The van der Waals surface area contributed by atoms with Gasteiger partial charge in [0.25, 0.3) is 0 Å². The molecule has 0 bridgehead atoms. The Morgan fingerprint density at radius 2 is 1.90 bits per heavy atom. The molecule has 3 aromatic rings. The summed E-state index contributed by atoms with van der Waals surface area (Å²) in [7, 11) is 2.97. The van der Waals surface area contributed by atoms with Gasteiger partial charge in [-0.3, -0.25) is 0 Å². The third-order valence-corrected chi connectivity index (χ3v) is 5.05. The maximum Gasteiger partial charge on any atom is 0.340 e. The third-order valence-electron chi connectivity index (χ3n) is 4.17. The Morgan fingerprint density at radius 3 is 2.59 bits per heavy atom. The van der Waals surface area contributed by atoms with Crippen LogP contribution in [-0.4, -0.2) is 31.8 Å². The van der Waals surface area contributed by atoms with Crippen LogP contribution >= 0.6 is 11.3 Å². The number of aromatic nitrogens is 1. The molecule has 0 spiro atoms. The number of hydrogen-bond acceptors (Lipinski definition) is 6. The van der Waals surface area contributed by atoms with Crippen LogP contribution in [0.15, 0.2) is 53.9 Å². The van der Waals surface area contributed by atoms with Crippen LogP contribution in [0.3, 0.4) is 0 Å². The molecular formula is C23H23NO4S. The van der Waals surface area contributed by atoms with Crippen LogP contribution in [0.4, 0.5) is 0 Å².